The number of hydrogen-bond donors (Lipinski definition) is 1. The van der Waals surface area contributed by atoms with Crippen LogP contribution < -0.4 is 10.1 Å². The van der Waals surface area contributed by atoms with Crippen LogP contribution in [0.2, 0.25) is 5.02 Å². The van der Waals surface area contributed by atoms with E-state index in [9.17, 15) is 22.8 Å². The van der Waals surface area contributed by atoms with Crippen LogP contribution in [0.1, 0.15) is 5.56 Å². The summed E-state index contributed by atoms with van der Waals surface area (Å²) in [7, 11) is 0. The molecule has 28 heavy (non-hydrogen) atoms. The second-order valence-electron chi connectivity index (χ2n) is 5.78. The Morgan fingerprint density at radius 2 is 1.96 bits per heavy atom. The van der Waals surface area contributed by atoms with Gasteiger partial charge in [0.15, 0.2) is 0 Å². The second-order valence-corrected chi connectivity index (χ2v) is 7.07. The van der Waals surface area contributed by atoms with Crippen LogP contribution in [-0.2, 0) is 9.59 Å². The molecule has 1 fully saturated rings. The van der Waals surface area contributed by atoms with Gasteiger partial charge >= 0.3 is 6.36 Å². The van der Waals surface area contributed by atoms with Crippen molar-refractivity contribution in [3.05, 3.63) is 34.9 Å². The first-order chi connectivity index (χ1) is 13.2. The van der Waals surface area contributed by atoms with Gasteiger partial charge in [-0.05, 0) is 30.0 Å². The van der Waals surface area contributed by atoms with Crippen molar-refractivity contribution in [2.45, 2.75) is 6.36 Å². The lowest BCUT2D eigenvalue weighted by atomic mass is 10.2. The van der Waals surface area contributed by atoms with Crippen molar-refractivity contribution in [3.63, 3.8) is 0 Å². The number of hydrogen-bond acceptors (Lipinski definition) is 5. The molecule has 1 aromatic carbocycles. The number of halogens is 4. The van der Waals surface area contributed by atoms with E-state index in [4.69, 9.17) is 11.6 Å². The fourth-order valence-electron chi connectivity index (χ4n) is 2.45. The average molecular weight is 438 g/mol. The van der Waals surface area contributed by atoms with Crippen molar-refractivity contribution >= 4 is 41.4 Å². The number of ether oxygens (including phenoxy) is 1. The molecule has 0 aliphatic carbocycles. The first kappa shape index (κ1) is 22.4. The number of benzene rings is 1. The summed E-state index contributed by atoms with van der Waals surface area (Å²) in [5.74, 6) is -1.19. The number of amides is 2. The lowest BCUT2D eigenvalue weighted by Crippen LogP contribution is -2.49. The standard InChI is InChI=1S/C17H19ClF3N3O3S/c1-28-24-8-6-23(7-9-24)16(26)11-22-15(25)5-3-12-2-4-14(13(18)10-12)27-17(19,20)21/h2-5,10H,6-9,11H2,1H3,(H,22,25)/b5-3+. The third kappa shape index (κ3) is 7.25. The minimum absolute atomic E-state index is 0.123. The largest absolute Gasteiger partial charge is 0.573 e. The molecule has 154 valence electrons. The maximum absolute atomic E-state index is 12.2. The molecule has 1 heterocycles. The van der Waals surface area contributed by atoms with Crippen LogP contribution in [0.4, 0.5) is 13.2 Å². The van der Waals surface area contributed by atoms with E-state index in [0.29, 0.717) is 18.7 Å². The van der Waals surface area contributed by atoms with E-state index in [0.717, 1.165) is 19.2 Å². The molecule has 1 aliphatic heterocycles. The van der Waals surface area contributed by atoms with Gasteiger partial charge in [0.25, 0.3) is 0 Å². The Balaban J connectivity index is 1.82. The van der Waals surface area contributed by atoms with Gasteiger partial charge in [-0.3, -0.25) is 9.59 Å². The Morgan fingerprint density at radius 3 is 2.54 bits per heavy atom. The van der Waals surface area contributed by atoms with E-state index in [2.05, 4.69) is 14.4 Å². The Bertz CT molecular complexity index is 738. The van der Waals surface area contributed by atoms with E-state index < -0.39 is 18.0 Å². The van der Waals surface area contributed by atoms with Crippen LogP contribution in [0.5, 0.6) is 5.75 Å². The highest BCUT2D eigenvalue weighted by Crippen LogP contribution is 2.30. The van der Waals surface area contributed by atoms with Crippen molar-refractivity contribution in [3.8, 4) is 5.75 Å². The van der Waals surface area contributed by atoms with Crippen molar-refractivity contribution in [1.29, 1.82) is 0 Å². The van der Waals surface area contributed by atoms with Crippen molar-refractivity contribution in [2.24, 2.45) is 0 Å². The molecule has 0 bridgehead atoms. The van der Waals surface area contributed by atoms with Crippen molar-refractivity contribution in [2.75, 3.05) is 39.0 Å². The highest BCUT2D eigenvalue weighted by molar-refractivity contribution is 7.96. The zero-order chi connectivity index (χ0) is 20.7. The molecule has 0 saturated carbocycles. The summed E-state index contributed by atoms with van der Waals surface area (Å²) >= 11 is 7.38. The third-order valence-electron chi connectivity index (χ3n) is 3.87. The van der Waals surface area contributed by atoms with Crippen LogP contribution >= 0.6 is 23.5 Å². The van der Waals surface area contributed by atoms with Crippen LogP contribution in [0, 0.1) is 0 Å². The smallest absolute Gasteiger partial charge is 0.404 e. The topological polar surface area (TPSA) is 61.9 Å². The highest BCUT2D eigenvalue weighted by atomic mass is 35.5. The van der Waals surface area contributed by atoms with Gasteiger partial charge in [-0.25, -0.2) is 4.31 Å². The summed E-state index contributed by atoms with van der Waals surface area (Å²) < 4.78 is 42.6. The molecule has 1 saturated heterocycles. The molecule has 1 N–H and O–H groups in total. The molecule has 1 aromatic rings. The van der Waals surface area contributed by atoms with Gasteiger partial charge in [-0.1, -0.05) is 29.6 Å². The Kier molecular flexibility index (Phi) is 8.02. The van der Waals surface area contributed by atoms with Crippen LogP contribution in [0.25, 0.3) is 6.08 Å². The number of alkyl halides is 3. The molecule has 0 radical (unpaired) electrons. The van der Waals surface area contributed by atoms with E-state index in [1.165, 1.54) is 24.3 Å². The zero-order valence-corrected chi connectivity index (χ0v) is 16.5. The number of nitrogens with zero attached hydrogens (tertiary/aromatic N) is 2. The summed E-state index contributed by atoms with van der Waals surface area (Å²) in [6, 6.07) is 3.63. The maximum Gasteiger partial charge on any atom is 0.573 e. The van der Waals surface area contributed by atoms with E-state index in [1.54, 1.807) is 16.8 Å². The van der Waals surface area contributed by atoms with Gasteiger partial charge in [0, 0.05) is 32.3 Å². The normalized spacial score (nSPS) is 15.7. The molecular weight excluding hydrogens is 419 g/mol. The molecular formula is C17H19ClF3N3O3S. The minimum atomic E-state index is -4.84. The van der Waals surface area contributed by atoms with Gasteiger partial charge < -0.3 is 15.0 Å². The quantitative estimate of drug-likeness (QED) is 0.548. The average Bonchev–Trinajstić information content (AvgIpc) is 2.65. The number of piperazine rings is 1. The third-order valence-corrected chi connectivity index (χ3v) is 5.05. The number of carbonyl (C=O) groups excluding carboxylic acids is 2. The monoisotopic (exact) mass is 437 g/mol. The van der Waals surface area contributed by atoms with Gasteiger partial charge in [-0.2, -0.15) is 0 Å². The molecule has 0 aromatic heterocycles. The van der Waals surface area contributed by atoms with Crippen LogP contribution in [0.3, 0.4) is 0 Å². The predicted octanol–water partition coefficient (Wildman–Crippen LogP) is 2.79. The van der Waals surface area contributed by atoms with E-state index >= 15 is 0 Å². The molecule has 0 unspecified atom stereocenters. The number of rotatable bonds is 6. The summed E-state index contributed by atoms with van der Waals surface area (Å²) in [6.07, 6.45) is -0.307. The molecule has 0 atom stereocenters. The van der Waals surface area contributed by atoms with Gasteiger partial charge in [0.05, 0.1) is 11.6 Å². The van der Waals surface area contributed by atoms with Crippen LogP contribution in [0.15, 0.2) is 24.3 Å². The second kappa shape index (κ2) is 10.0. The number of carbonyl (C=O) groups is 2. The first-order valence-electron chi connectivity index (χ1n) is 8.26. The molecule has 0 spiro atoms. The lowest BCUT2D eigenvalue weighted by Gasteiger charge is -2.33. The van der Waals surface area contributed by atoms with Crippen molar-refractivity contribution < 1.29 is 27.5 Å². The maximum atomic E-state index is 12.2. The lowest BCUT2D eigenvalue weighted by molar-refractivity contribution is -0.274. The highest BCUT2D eigenvalue weighted by Gasteiger charge is 2.32. The molecule has 2 amide bonds. The molecule has 2 rings (SSSR count). The molecule has 1 aliphatic rings. The SMILES string of the molecule is CSN1CCN(C(=O)CNC(=O)/C=C/c2ccc(OC(F)(F)F)c(Cl)c2)CC1. The summed E-state index contributed by atoms with van der Waals surface area (Å²) in [4.78, 5) is 25.7. The summed E-state index contributed by atoms with van der Waals surface area (Å²) in [5, 5.41) is 2.25. The van der Waals surface area contributed by atoms with Gasteiger partial charge in [0.2, 0.25) is 11.8 Å². The number of nitrogens with one attached hydrogen (secondary N) is 1. The Labute approximate surface area is 169 Å². The molecule has 6 nitrogen and oxygen atoms in total. The molecule has 11 heteroatoms. The van der Waals surface area contributed by atoms with Crippen molar-refractivity contribution in [1.82, 2.24) is 14.5 Å². The summed E-state index contributed by atoms with van der Waals surface area (Å²) in [5.41, 5.74) is 0.411. The first-order valence-corrected chi connectivity index (χ1v) is 9.82. The zero-order valence-electron chi connectivity index (χ0n) is 15.0. The Hall–Kier alpha value is -1.91. The minimum Gasteiger partial charge on any atom is -0.404 e. The fraction of sp³-hybridized carbons (Fsp3) is 0.412. The summed E-state index contributed by atoms with van der Waals surface area (Å²) in [6.45, 7) is 2.64. The van der Waals surface area contributed by atoms with E-state index in [1.807, 2.05) is 6.26 Å². The fourth-order valence-corrected chi connectivity index (χ4v) is 3.21. The van der Waals surface area contributed by atoms with Crippen LogP contribution in [-0.4, -0.2) is 66.4 Å². The van der Waals surface area contributed by atoms with E-state index in [-0.39, 0.29) is 17.5 Å². The van der Waals surface area contributed by atoms with Gasteiger partial charge in [0.1, 0.15) is 5.75 Å². The Morgan fingerprint density at radius 1 is 1.29 bits per heavy atom. The predicted molar refractivity (Wildman–Crippen MR) is 102 cm³/mol. The van der Waals surface area contributed by atoms with Gasteiger partial charge in [-0.15, -0.1) is 13.2 Å².